The molecule has 1 aromatic carbocycles. The summed E-state index contributed by atoms with van der Waals surface area (Å²) in [6, 6.07) is 4.46. The zero-order valence-corrected chi connectivity index (χ0v) is 11.1. The Kier molecular flexibility index (Phi) is 3.76. The fourth-order valence-electron chi connectivity index (χ4n) is 1.50. The van der Waals surface area contributed by atoms with Crippen molar-refractivity contribution in [2.24, 2.45) is 0 Å². The van der Waals surface area contributed by atoms with Gasteiger partial charge in [-0.2, -0.15) is 5.10 Å². The maximum absolute atomic E-state index is 13.2. The van der Waals surface area contributed by atoms with Gasteiger partial charge in [-0.3, -0.25) is 4.79 Å². The normalized spacial score (nSPS) is 10.4. The summed E-state index contributed by atoms with van der Waals surface area (Å²) >= 11 is 3.21. The number of aromatic nitrogens is 2. The van der Waals surface area contributed by atoms with E-state index in [0.717, 1.165) is 0 Å². The van der Waals surface area contributed by atoms with Gasteiger partial charge < -0.3 is 4.74 Å². The highest BCUT2D eigenvalue weighted by Crippen LogP contribution is 2.18. The fraction of sp³-hybridized carbons (Fsp3) is 0.167. The van der Waals surface area contributed by atoms with Crippen molar-refractivity contribution in [3.8, 4) is 5.69 Å². The summed E-state index contributed by atoms with van der Waals surface area (Å²) < 4.78 is 19.9. The molecule has 0 bridgehead atoms. The van der Waals surface area contributed by atoms with E-state index in [1.807, 2.05) is 0 Å². The highest BCUT2D eigenvalue weighted by Gasteiger charge is 2.07. The third-order valence-electron chi connectivity index (χ3n) is 2.32. The number of carbonyl (C=O) groups excluding carboxylic acids is 1. The average molecular weight is 313 g/mol. The number of hydrogen-bond donors (Lipinski definition) is 0. The Balaban J connectivity index is 2.26. The monoisotopic (exact) mass is 312 g/mol. The lowest BCUT2D eigenvalue weighted by molar-refractivity contribution is -0.139. The lowest BCUT2D eigenvalue weighted by Crippen LogP contribution is -2.03. The Morgan fingerprint density at radius 2 is 2.28 bits per heavy atom. The van der Waals surface area contributed by atoms with Crippen LogP contribution < -0.4 is 0 Å². The predicted molar refractivity (Wildman–Crippen MR) is 66.9 cm³/mol. The highest BCUT2D eigenvalue weighted by atomic mass is 79.9. The van der Waals surface area contributed by atoms with Crippen LogP contribution in [0.2, 0.25) is 0 Å². The van der Waals surface area contributed by atoms with Gasteiger partial charge in [0.05, 0.1) is 25.4 Å². The number of benzene rings is 1. The summed E-state index contributed by atoms with van der Waals surface area (Å²) in [4.78, 5) is 11.1. The third-order valence-corrected chi connectivity index (χ3v) is 2.78. The van der Waals surface area contributed by atoms with Crippen molar-refractivity contribution in [3.63, 3.8) is 0 Å². The molecule has 4 nitrogen and oxygen atoms in total. The minimum atomic E-state index is -0.357. The molecule has 94 valence electrons. The van der Waals surface area contributed by atoms with Crippen LogP contribution in [0.1, 0.15) is 5.56 Å². The molecular formula is C12H10BrFN2O2. The van der Waals surface area contributed by atoms with Crippen molar-refractivity contribution < 1.29 is 13.9 Å². The molecule has 0 radical (unpaired) electrons. The van der Waals surface area contributed by atoms with Crippen LogP contribution in [0.5, 0.6) is 0 Å². The number of ether oxygens (including phenoxy) is 1. The van der Waals surface area contributed by atoms with Gasteiger partial charge in [-0.05, 0) is 18.2 Å². The van der Waals surface area contributed by atoms with E-state index in [-0.39, 0.29) is 18.2 Å². The molecule has 0 atom stereocenters. The molecule has 2 rings (SSSR count). The molecule has 0 N–H and O–H groups in total. The zero-order valence-electron chi connectivity index (χ0n) is 9.56. The molecule has 0 saturated carbocycles. The summed E-state index contributed by atoms with van der Waals surface area (Å²) in [6.07, 6.45) is 3.36. The van der Waals surface area contributed by atoms with Crippen LogP contribution in [0.4, 0.5) is 4.39 Å². The smallest absolute Gasteiger partial charge is 0.310 e. The fourth-order valence-corrected chi connectivity index (χ4v) is 1.96. The Morgan fingerprint density at radius 1 is 1.50 bits per heavy atom. The Labute approximate surface area is 111 Å². The van der Waals surface area contributed by atoms with E-state index in [9.17, 15) is 9.18 Å². The predicted octanol–water partition coefficient (Wildman–Crippen LogP) is 2.49. The number of hydrogen-bond acceptors (Lipinski definition) is 3. The largest absolute Gasteiger partial charge is 0.469 e. The molecular weight excluding hydrogens is 303 g/mol. The van der Waals surface area contributed by atoms with Gasteiger partial charge in [0.1, 0.15) is 5.82 Å². The minimum absolute atomic E-state index is 0.146. The first-order chi connectivity index (χ1) is 8.58. The van der Waals surface area contributed by atoms with Gasteiger partial charge in [-0.15, -0.1) is 0 Å². The van der Waals surface area contributed by atoms with E-state index in [1.54, 1.807) is 18.5 Å². The number of esters is 1. The molecule has 0 spiro atoms. The van der Waals surface area contributed by atoms with Gasteiger partial charge in [0.2, 0.25) is 0 Å². The van der Waals surface area contributed by atoms with E-state index >= 15 is 0 Å². The summed E-state index contributed by atoms with van der Waals surface area (Å²) in [6.45, 7) is 0. The van der Waals surface area contributed by atoms with E-state index < -0.39 is 0 Å². The molecule has 0 aliphatic carbocycles. The van der Waals surface area contributed by atoms with Crippen LogP contribution in [0, 0.1) is 5.82 Å². The van der Waals surface area contributed by atoms with Gasteiger partial charge in [0.25, 0.3) is 0 Å². The Bertz CT molecular complexity index is 563. The van der Waals surface area contributed by atoms with Gasteiger partial charge >= 0.3 is 5.97 Å². The Morgan fingerprint density at radius 3 is 2.94 bits per heavy atom. The first kappa shape index (κ1) is 12.8. The number of nitrogens with zero attached hydrogens (tertiary/aromatic N) is 2. The quantitative estimate of drug-likeness (QED) is 0.818. The van der Waals surface area contributed by atoms with Gasteiger partial charge in [-0.25, -0.2) is 9.07 Å². The molecule has 0 amide bonds. The molecule has 2 aromatic rings. The SMILES string of the molecule is COC(=O)Cc1cnn(-c2cc(F)cc(Br)c2)c1. The standard InChI is InChI=1S/C12H10BrFN2O2/c1-18-12(17)2-8-6-15-16(7-8)11-4-9(13)3-10(14)5-11/h3-7H,2H2,1H3. The maximum Gasteiger partial charge on any atom is 0.310 e. The van der Waals surface area contributed by atoms with Crippen LogP contribution in [0.15, 0.2) is 35.1 Å². The lowest BCUT2D eigenvalue weighted by Gasteiger charge is -2.02. The molecule has 0 aliphatic heterocycles. The second-order valence-electron chi connectivity index (χ2n) is 3.67. The molecule has 6 heteroatoms. The second-order valence-corrected chi connectivity index (χ2v) is 4.59. The summed E-state index contributed by atoms with van der Waals surface area (Å²) in [7, 11) is 1.33. The summed E-state index contributed by atoms with van der Waals surface area (Å²) in [5.74, 6) is -0.695. The lowest BCUT2D eigenvalue weighted by atomic mass is 10.2. The summed E-state index contributed by atoms with van der Waals surface area (Å²) in [5.41, 5.74) is 1.29. The first-order valence-corrected chi connectivity index (χ1v) is 5.94. The number of methoxy groups -OCH3 is 1. The first-order valence-electron chi connectivity index (χ1n) is 5.15. The molecule has 1 heterocycles. The van der Waals surface area contributed by atoms with Crippen molar-refractivity contribution in [2.75, 3.05) is 7.11 Å². The van der Waals surface area contributed by atoms with E-state index in [4.69, 9.17) is 0 Å². The average Bonchev–Trinajstić information content (AvgIpc) is 2.76. The van der Waals surface area contributed by atoms with Crippen LogP contribution in [-0.4, -0.2) is 22.9 Å². The third kappa shape index (κ3) is 2.95. The number of halogens is 2. The topological polar surface area (TPSA) is 44.1 Å². The van der Waals surface area contributed by atoms with E-state index in [2.05, 4.69) is 25.8 Å². The van der Waals surface area contributed by atoms with Crippen LogP contribution in [0.3, 0.4) is 0 Å². The van der Waals surface area contributed by atoms with Crippen molar-refractivity contribution in [3.05, 3.63) is 46.4 Å². The molecule has 0 saturated heterocycles. The van der Waals surface area contributed by atoms with Crippen molar-refractivity contribution >= 4 is 21.9 Å². The number of carbonyl (C=O) groups is 1. The zero-order chi connectivity index (χ0) is 13.1. The van der Waals surface area contributed by atoms with Gasteiger partial charge in [0.15, 0.2) is 0 Å². The highest BCUT2D eigenvalue weighted by molar-refractivity contribution is 9.10. The summed E-state index contributed by atoms with van der Waals surface area (Å²) in [5, 5.41) is 4.08. The van der Waals surface area contributed by atoms with Crippen molar-refractivity contribution in [1.29, 1.82) is 0 Å². The molecule has 18 heavy (non-hydrogen) atoms. The van der Waals surface area contributed by atoms with Crippen molar-refractivity contribution in [1.82, 2.24) is 9.78 Å². The van der Waals surface area contributed by atoms with Gasteiger partial charge in [-0.1, -0.05) is 15.9 Å². The van der Waals surface area contributed by atoms with Gasteiger partial charge in [0, 0.05) is 16.2 Å². The van der Waals surface area contributed by atoms with Crippen LogP contribution >= 0.6 is 15.9 Å². The number of rotatable bonds is 3. The van der Waals surface area contributed by atoms with E-state index in [0.29, 0.717) is 15.7 Å². The minimum Gasteiger partial charge on any atom is -0.469 e. The maximum atomic E-state index is 13.2. The Hall–Kier alpha value is -1.69. The molecule has 1 aromatic heterocycles. The van der Waals surface area contributed by atoms with Crippen LogP contribution in [-0.2, 0) is 16.0 Å². The molecule has 0 aliphatic rings. The van der Waals surface area contributed by atoms with E-state index in [1.165, 1.54) is 23.9 Å². The van der Waals surface area contributed by atoms with Crippen LogP contribution in [0.25, 0.3) is 5.69 Å². The second kappa shape index (κ2) is 5.30. The molecule has 0 fully saturated rings. The van der Waals surface area contributed by atoms with Crippen molar-refractivity contribution in [2.45, 2.75) is 6.42 Å². The molecule has 0 unspecified atom stereocenters.